The van der Waals surface area contributed by atoms with Gasteiger partial charge in [0, 0.05) is 0 Å². The molecule has 0 bridgehead atoms. The van der Waals surface area contributed by atoms with Crippen molar-refractivity contribution in [2.24, 2.45) is 0 Å². The molecule has 0 heterocycles. The van der Waals surface area contributed by atoms with Crippen LogP contribution in [0.15, 0.2) is 0 Å². The van der Waals surface area contributed by atoms with Crippen molar-refractivity contribution >= 4 is 11.6 Å². The second-order valence-electron chi connectivity index (χ2n) is 1.28. The highest BCUT2D eigenvalue weighted by Gasteiger charge is 2.12. The van der Waals surface area contributed by atoms with Gasteiger partial charge in [-0.05, 0) is 0 Å². The number of hydrogen-bond acceptors (Lipinski definition) is 3. The zero-order valence-electron chi connectivity index (χ0n) is 4.08. The van der Waals surface area contributed by atoms with E-state index in [2.05, 4.69) is 0 Å². The van der Waals surface area contributed by atoms with E-state index < -0.39 is 18.1 Å². The second-order valence-corrected chi connectivity index (χ2v) is 1.75. The predicted molar refractivity (Wildman–Crippen MR) is 28.3 cm³/mol. The van der Waals surface area contributed by atoms with Crippen LogP contribution in [0.1, 0.15) is 0 Å². The van der Waals surface area contributed by atoms with E-state index in [-0.39, 0.29) is 0 Å². The van der Waals surface area contributed by atoms with Crippen LogP contribution in [0, 0.1) is 11.3 Å². The fraction of sp³-hybridized carbons (Fsp3) is 0.750. The lowest BCUT2D eigenvalue weighted by Gasteiger charge is -2.04. The Morgan fingerprint density at radius 3 is 2.38 bits per heavy atom. The van der Waals surface area contributed by atoms with Crippen LogP contribution in [0.2, 0.25) is 0 Å². The first-order valence-electron chi connectivity index (χ1n) is 2.05. The SMILES string of the molecule is N#C[C@H](Cl)[C@H](O)CO. The van der Waals surface area contributed by atoms with Crippen molar-refractivity contribution in [2.45, 2.75) is 11.5 Å². The Balaban J connectivity index is 3.49. The summed E-state index contributed by atoms with van der Waals surface area (Å²) < 4.78 is 0. The molecule has 0 aliphatic heterocycles. The third-order valence-corrected chi connectivity index (χ3v) is 1.04. The summed E-state index contributed by atoms with van der Waals surface area (Å²) in [5.41, 5.74) is 0. The molecular formula is C4H6ClNO2. The molecule has 0 fully saturated rings. The Labute approximate surface area is 52.1 Å². The minimum atomic E-state index is -1.12. The van der Waals surface area contributed by atoms with Crippen LogP contribution >= 0.6 is 11.6 Å². The van der Waals surface area contributed by atoms with E-state index in [0.717, 1.165) is 0 Å². The van der Waals surface area contributed by atoms with E-state index in [1.807, 2.05) is 0 Å². The maximum absolute atomic E-state index is 8.52. The smallest absolute Gasteiger partial charge is 0.148 e. The Kier molecular flexibility index (Phi) is 3.53. The molecule has 4 heteroatoms. The second kappa shape index (κ2) is 3.67. The number of alkyl halides is 1. The number of aliphatic hydroxyl groups is 2. The molecular weight excluding hydrogens is 130 g/mol. The number of nitriles is 1. The van der Waals surface area contributed by atoms with Crippen molar-refractivity contribution in [1.29, 1.82) is 5.26 Å². The molecule has 0 unspecified atom stereocenters. The first kappa shape index (κ1) is 7.70. The van der Waals surface area contributed by atoms with Crippen molar-refractivity contribution in [3.05, 3.63) is 0 Å². The molecule has 0 spiro atoms. The highest BCUT2D eigenvalue weighted by Crippen LogP contribution is 1.98. The topological polar surface area (TPSA) is 64.2 Å². The summed E-state index contributed by atoms with van der Waals surface area (Å²) in [6.45, 7) is -0.471. The van der Waals surface area contributed by atoms with E-state index in [1.165, 1.54) is 0 Å². The van der Waals surface area contributed by atoms with Crippen LogP contribution in [0.4, 0.5) is 0 Å². The van der Waals surface area contributed by atoms with Crippen molar-refractivity contribution < 1.29 is 10.2 Å². The average Bonchev–Trinajstić information content (AvgIpc) is 1.84. The van der Waals surface area contributed by atoms with Gasteiger partial charge in [-0.15, -0.1) is 11.6 Å². The summed E-state index contributed by atoms with van der Waals surface area (Å²) in [6, 6.07) is 1.57. The zero-order valence-corrected chi connectivity index (χ0v) is 4.84. The molecule has 0 aromatic heterocycles. The molecule has 0 rings (SSSR count). The summed E-state index contributed by atoms with van der Waals surface area (Å²) >= 11 is 5.14. The molecule has 8 heavy (non-hydrogen) atoms. The van der Waals surface area contributed by atoms with Crippen molar-refractivity contribution in [2.75, 3.05) is 6.61 Å². The van der Waals surface area contributed by atoms with Crippen LogP contribution < -0.4 is 0 Å². The predicted octanol–water partition coefficient (Wildman–Crippen LogP) is -0.529. The number of aliphatic hydroxyl groups excluding tert-OH is 2. The Hall–Kier alpha value is -0.300. The van der Waals surface area contributed by atoms with Crippen molar-refractivity contribution in [3.8, 4) is 6.07 Å². The highest BCUT2D eigenvalue weighted by atomic mass is 35.5. The first-order chi connectivity index (χ1) is 3.72. The lowest BCUT2D eigenvalue weighted by Crippen LogP contribution is -2.22. The minimum absolute atomic E-state index is 0.471. The molecule has 3 nitrogen and oxygen atoms in total. The fourth-order valence-corrected chi connectivity index (χ4v) is 0.258. The van der Waals surface area contributed by atoms with Crippen LogP contribution in [0.5, 0.6) is 0 Å². The van der Waals surface area contributed by atoms with Crippen LogP contribution in [0.25, 0.3) is 0 Å². The molecule has 0 amide bonds. The van der Waals surface area contributed by atoms with E-state index >= 15 is 0 Å². The van der Waals surface area contributed by atoms with Gasteiger partial charge in [-0.2, -0.15) is 5.26 Å². The molecule has 0 aliphatic carbocycles. The molecule has 46 valence electrons. The third-order valence-electron chi connectivity index (χ3n) is 0.648. The Bertz CT molecular complexity index is 101. The molecule has 0 aliphatic rings. The molecule has 0 saturated carbocycles. The highest BCUT2D eigenvalue weighted by molar-refractivity contribution is 6.22. The van der Waals surface area contributed by atoms with Gasteiger partial charge in [0.2, 0.25) is 0 Å². The van der Waals surface area contributed by atoms with E-state index in [9.17, 15) is 0 Å². The van der Waals surface area contributed by atoms with Crippen LogP contribution in [-0.4, -0.2) is 28.3 Å². The first-order valence-corrected chi connectivity index (χ1v) is 2.48. The monoisotopic (exact) mass is 135 g/mol. The Morgan fingerprint density at radius 2 is 2.25 bits per heavy atom. The standard InChI is InChI=1S/C4H6ClNO2/c5-3(1-6)4(8)2-7/h3-4,7-8H,2H2/t3-,4+/m0/s1. The summed E-state index contributed by atoms with van der Waals surface area (Å²) in [6.07, 6.45) is -1.12. The maximum Gasteiger partial charge on any atom is 0.148 e. The van der Waals surface area contributed by atoms with Crippen molar-refractivity contribution in [1.82, 2.24) is 0 Å². The molecule has 2 N–H and O–H groups in total. The van der Waals surface area contributed by atoms with E-state index in [0.29, 0.717) is 0 Å². The van der Waals surface area contributed by atoms with Gasteiger partial charge in [0.1, 0.15) is 11.5 Å². The van der Waals surface area contributed by atoms with Gasteiger partial charge in [-0.25, -0.2) is 0 Å². The maximum atomic E-state index is 8.52. The summed E-state index contributed by atoms with van der Waals surface area (Å²) in [4.78, 5) is 0. The van der Waals surface area contributed by atoms with Gasteiger partial charge in [-0.3, -0.25) is 0 Å². The van der Waals surface area contributed by atoms with E-state index in [1.54, 1.807) is 6.07 Å². The largest absolute Gasteiger partial charge is 0.394 e. The molecule has 0 radical (unpaired) electrons. The molecule has 0 saturated heterocycles. The number of hydrogen-bond donors (Lipinski definition) is 2. The molecule has 0 aromatic rings. The van der Waals surface area contributed by atoms with Gasteiger partial charge in [-0.1, -0.05) is 0 Å². The normalized spacial score (nSPS) is 16.8. The summed E-state index contributed by atoms with van der Waals surface area (Å²) in [5.74, 6) is 0. The van der Waals surface area contributed by atoms with Gasteiger partial charge in [0.05, 0.1) is 12.7 Å². The van der Waals surface area contributed by atoms with Gasteiger partial charge < -0.3 is 10.2 Å². The van der Waals surface area contributed by atoms with Crippen molar-refractivity contribution in [3.63, 3.8) is 0 Å². The van der Waals surface area contributed by atoms with E-state index in [4.69, 9.17) is 27.1 Å². The summed E-state index contributed by atoms with van der Waals surface area (Å²) in [5, 5.41) is 23.7. The van der Waals surface area contributed by atoms with Gasteiger partial charge in [0.15, 0.2) is 0 Å². The number of rotatable bonds is 2. The third kappa shape index (κ3) is 2.12. The number of halogens is 1. The minimum Gasteiger partial charge on any atom is -0.394 e. The van der Waals surface area contributed by atoms with Gasteiger partial charge >= 0.3 is 0 Å². The number of nitrogens with zero attached hydrogens (tertiary/aromatic N) is 1. The average molecular weight is 136 g/mol. The van der Waals surface area contributed by atoms with Crippen LogP contribution in [0.3, 0.4) is 0 Å². The van der Waals surface area contributed by atoms with Gasteiger partial charge in [0.25, 0.3) is 0 Å². The fourth-order valence-electron chi connectivity index (χ4n) is 0.179. The quantitative estimate of drug-likeness (QED) is 0.501. The Morgan fingerprint density at radius 1 is 1.75 bits per heavy atom. The lowest BCUT2D eigenvalue weighted by molar-refractivity contribution is 0.101. The molecule has 0 aromatic carbocycles. The lowest BCUT2D eigenvalue weighted by atomic mass is 10.3. The molecule has 2 atom stereocenters. The van der Waals surface area contributed by atoms with Crippen LogP contribution in [-0.2, 0) is 0 Å². The zero-order chi connectivity index (χ0) is 6.57. The summed E-state index contributed by atoms with van der Waals surface area (Å²) in [7, 11) is 0.